The van der Waals surface area contributed by atoms with Gasteiger partial charge in [-0.25, -0.2) is 8.42 Å². The van der Waals surface area contributed by atoms with Crippen molar-refractivity contribution < 1.29 is 17.9 Å². The van der Waals surface area contributed by atoms with Crippen molar-refractivity contribution in [3.8, 4) is 5.75 Å². The highest BCUT2D eigenvalue weighted by Crippen LogP contribution is 2.23. The second kappa shape index (κ2) is 7.89. The summed E-state index contributed by atoms with van der Waals surface area (Å²) in [5.74, 6) is 0.286. The summed E-state index contributed by atoms with van der Waals surface area (Å²) in [5, 5.41) is -0.560. The van der Waals surface area contributed by atoms with Crippen LogP contribution in [-0.2, 0) is 16.9 Å². The molecule has 2 aromatic carbocycles. The number of hydrogen-bond acceptors (Lipinski definition) is 5. The van der Waals surface area contributed by atoms with Crippen LogP contribution in [0.1, 0.15) is 31.1 Å². The second-order valence-electron chi connectivity index (χ2n) is 6.54. The summed E-state index contributed by atoms with van der Waals surface area (Å²) < 4.78 is 33.0. The SMILES string of the molecule is CCOc1ccc2c(c1)sc(=NC(=O)c1cccc(S(=O)(=O)C(C)C)c1)n2C. The van der Waals surface area contributed by atoms with E-state index in [4.69, 9.17) is 4.74 Å². The van der Waals surface area contributed by atoms with Gasteiger partial charge in [-0.3, -0.25) is 4.79 Å². The first-order valence-electron chi connectivity index (χ1n) is 8.89. The minimum Gasteiger partial charge on any atom is -0.494 e. The minimum absolute atomic E-state index is 0.130. The molecule has 0 spiro atoms. The van der Waals surface area contributed by atoms with Crippen molar-refractivity contribution in [2.75, 3.05) is 6.61 Å². The summed E-state index contributed by atoms with van der Waals surface area (Å²) >= 11 is 1.38. The van der Waals surface area contributed by atoms with E-state index in [1.54, 1.807) is 26.0 Å². The van der Waals surface area contributed by atoms with E-state index >= 15 is 0 Å². The van der Waals surface area contributed by atoms with Gasteiger partial charge in [0.25, 0.3) is 5.91 Å². The predicted molar refractivity (Wildman–Crippen MR) is 111 cm³/mol. The van der Waals surface area contributed by atoms with Crippen LogP contribution >= 0.6 is 11.3 Å². The lowest BCUT2D eigenvalue weighted by Gasteiger charge is -2.08. The monoisotopic (exact) mass is 418 g/mol. The van der Waals surface area contributed by atoms with Crippen molar-refractivity contribution in [3.05, 3.63) is 52.8 Å². The number of rotatable bonds is 5. The number of nitrogens with zero attached hydrogens (tertiary/aromatic N) is 2. The summed E-state index contributed by atoms with van der Waals surface area (Å²) in [4.78, 5) is 17.5. The van der Waals surface area contributed by atoms with E-state index < -0.39 is 21.0 Å². The lowest BCUT2D eigenvalue weighted by atomic mass is 10.2. The van der Waals surface area contributed by atoms with Crippen LogP contribution < -0.4 is 9.54 Å². The number of hydrogen-bond donors (Lipinski definition) is 0. The molecule has 0 unspecified atom stereocenters. The standard InChI is InChI=1S/C20H22N2O4S2/c1-5-26-15-9-10-17-18(12-15)27-20(22(17)4)21-19(23)14-7-6-8-16(11-14)28(24,25)13(2)3/h6-13H,5H2,1-4H3. The highest BCUT2D eigenvalue weighted by Gasteiger charge is 2.20. The highest BCUT2D eigenvalue weighted by atomic mass is 32.2. The van der Waals surface area contributed by atoms with Crippen LogP contribution in [0.3, 0.4) is 0 Å². The van der Waals surface area contributed by atoms with E-state index in [0.29, 0.717) is 11.4 Å². The zero-order chi connectivity index (χ0) is 20.5. The van der Waals surface area contributed by atoms with E-state index in [0.717, 1.165) is 16.0 Å². The number of amides is 1. The fourth-order valence-corrected chi connectivity index (χ4v) is 4.86. The molecular formula is C20H22N2O4S2. The maximum absolute atomic E-state index is 12.7. The Balaban J connectivity index is 2.02. The number of benzene rings is 2. The second-order valence-corrected chi connectivity index (χ2v) is 10.1. The third-order valence-corrected chi connectivity index (χ3v) is 7.57. The van der Waals surface area contributed by atoms with Crippen LogP contribution in [0.2, 0.25) is 0 Å². The fourth-order valence-electron chi connectivity index (χ4n) is 2.71. The van der Waals surface area contributed by atoms with Crippen molar-refractivity contribution in [3.63, 3.8) is 0 Å². The molecule has 0 aliphatic rings. The third kappa shape index (κ3) is 3.88. The Hall–Kier alpha value is -2.45. The van der Waals surface area contributed by atoms with Crippen molar-refractivity contribution in [1.29, 1.82) is 0 Å². The number of carbonyl (C=O) groups is 1. The molecule has 1 heterocycles. The normalized spacial score (nSPS) is 12.7. The highest BCUT2D eigenvalue weighted by molar-refractivity contribution is 7.92. The van der Waals surface area contributed by atoms with Gasteiger partial charge in [0.2, 0.25) is 0 Å². The molecule has 6 nitrogen and oxygen atoms in total. The van der Waals surface area contributed by atoms with E-state index in [1.165, 1.54) is 23.5 Å². The molecule has 0 saturated heterocycles. The van der Waals surface area contributed by atoms with Crippen molar-refractivity contribution >= 4 is 37.3 Å². The van der Waals surface area contributed by atoms with Gasteiger partial charge in [0.1, 0.15) is 5.75 Å². The number of thiazole rings is 1. The first-order chi connectivity index (χ1) is 13.2. The molecule has 1 amide bonds. The molecule has 8 heteroatoms. The summed E-state index contributed by atoms with van der Waals surface area (Å²) in [6, 6.07) is 11.8. The first kappa shape index (κ1) is 20.3. The van der Waals surface area contributed by atoms with Gasteiger partial charge in [0.15, 0.2) is 14.6 Å². The molecule has 0 aliphatic heterocycles. The van der Waals surface area contributed by atoms with Gasteiger partial charge < -0.3 is 9.30 Å². The quantitative estimate of drug-likeness (QED) is 0.635. The molecule has 0 fully saturated rings. The molecule has 0 saturated carbocycles. The zero-order valence-corrected chi connectivity index (χ0v) is 17.8. The maximum atomic E-state index is 12.7. The van der Waals surface area contributed by atoms with Gasteiger partial charge in [0.05, 0.1) is 27.0 Å². The largest absolute Gasteiger partial charge is 0.494 e. The molecule has 0 atom stereocenters. The predicted octanol–water partition coefficient (Wildman–Crippen LogP) is 3.56. The Morgan fingerprint density at radius 3 is 2.64 bits per heavy atom. The van der Waals surface area contributed by atoms with E-state index in [1.807, 2.05) is 36.7 Å². The summed E-state index contributed by atoms with van der Waals surface area (Å²) in [7, 11) is -1.62. The number of aryl methyl sites for hydroxylation is 1. The van der Waals surface area contributed by atoms with E-state index in [9.17, 15) is 13.2 Å². The Kier molecular flexibility index (Phi) is 5.71. The van der Waals surface area contributed by atoms with E-state index in [2.05, 4.69) is 4.99 Å². The van der Waals surface area contributed by atoms with Crippen LogP contribution in [0, 0.1) is 0 Å². The van der Waals surface area contributed by atoms with Gasteiger partial charge in [0, 0.05) is 12.6 Å². The van der Waals surface area contributed by atoms with Crippen molar-refractivity contribution in [2.45, 2.75) is 30.9 Å². The third-order valence-electron chi connectivity index (χ3n) is 4.32. The van der Waals surface area contributed by atoms with Crippen LogP contribution in [-0.4, -0.2) is 30.7 Å². The average molecular weight is 419 g/mol. The van der Waals surface area contributed by atoms with Crippen molar-refractivity contribution in [1.82, 2.24) is 4.57 Å². The maximum Gasteiger partial charge on any atom is 0.279 e. The Morgan fingerprint density at radius 1 is 1.21 bits per heavy atom. The van der Waals surface area contributed by atoms with Gasteiger partial charge in [-0.05, 0) is 57.2 Å². The smallest absolute Gasteiger partial charge is 0.279 e. The van der Waals surface area contributed by atoms with Gasteiger partial charge >= 0.3 is 0 Å². The Bertz CT molecular complexity index is 1200. The molecular weight excluding hydrogens is 396 g/mol. The number of fused-ring (bicyclic) bond motifs is 1. The van der Waals surface area contributed by atoms with Crippen LogP contribution in [0.5, 0.6) is 5.75 Å². The van der Waals surface area contributed by atoms with Crippen LogP contribution in [0.25, 0.3) is 10.2 Å². The summed E-state index contributed by atoms with van der Waals surface area (Å²) in [6.45, 7) is 5.73. The van der Waals surface area contributed by atoms with Gasteiger partial charge in [-0.15, -0.1) is 0 Å². The fraction of sp³-hybridized carbons (Fsp3) is 0.300. The molecule has 0 radical (unpaired) electrons. The Morgan fingerprint density at radius 2 is 1.96 bits per heavy atom. The summed E-state index contributed by atoms with van der Waals surface area (Å²) in [6.07, 6.45) is 0. The van der Waals surface area contributed by atoms with Gasteiger partial charge in [-0.2, -0.15) is 4.99 Å². The first-order valence-corrected chi connectivity index (χ1v) is 11.3. The molecule has 3 rings (SSSR count). The topological polar surface area (TPSA) is 77.7 Å². The van der Waals surface area contributed by atoms with E-state index in [-0.39, 0.29) is 10.5 Å². The lowest BCUT2D eigenvalue weighted by Crippen LogP contribution is -2.15. The zero-order valence-electron chi connectivity index (χ0n) is 16.2. The van der Waals surface area contributed by atoms with Gasteiger partial charge in [-0.1, -0.05) is 17.4 Å². The molecule has 28 heavy (non-hydrogen) atoms. The molecule has 1 aromatic heterocycles. The lowest BCUT2D eigenvalue weighted by molar-refractivity contribution is 0.0997. The molecule has 148 valence electrons. The number of aromatic nitrogens is 1. The van der Waals surface area contributed by atoms with Crippen molar-refractivity contribution in [2.24, 2.45) is 12.0 Å². The molecule has 0 bridgehead atoms. The molecule has 3 aromatic rings. The molecule has 0 N–H and O–H groups in total. The minimum atomic E-state index is -3.46. The van der Waals surface area contributed by atoms with Crippen LogP contribution in [0.15, 0.2) is 52.4 Å². The number of sulfone groups is 1. The Labute approximate surface area is 168 Å². The number of ether oxygens (including phenoxy) is 1. The molecule has 0 aliphatic carbocycles. The van der Waals surface area contributed by atoms with Crippen LogP contribution in [0.4, 0.5) is 0 Å². The summed E-state index contributed by atoms with van der Waals surface area (Å²) in [5.41, 5.74) is 1.19. The number of carbonyl (C=O) groups excluding carboxylic acids is 1. The average Bonchev–Trinajstić information content (AvgIpc) is 2.97.